The van der Waals surface area contributed by atoms with E-state index in [-0.39, 0.29) is 5.15 Å². The predicted molar refractivity (Wildman–Crippen MR) is 63.8 cm³/mol. The number of aromatic nitrogens is 4. The van der Waals surface area contributed by atoms with Crippen LogP contribution >= 0.6 is 11.6 Å². The third kappa shape index (κ3) is 2.37. The summed E-state index contributed by atoms with van der Waals surface area (Å²) >= 11 is 5.87. The second-order valence-corrected chi connectivity index (χ2v) is 4.10. The minimum Gasteiger partial charge on any atom is -0.287 e. The summed E-state index contributed by atoms with van der Waals surface area (Å²) in [6.45, 7) is 3.78. The van der Waals surface area contributed by atoms with Crippen LogP contribution in [0.3, 0.4) is 0 Å². The highest BCUT2D eigenvalue weighted by molar-refractivity contribution is 6.29. The van der Waals surface area contributed by atoms with Gasteiger partial charge in [0.2, 0.25) is 0 Å². The van der Waals surface area contributed by atoms with Crippen LogP contribution < -0.4 is 5.06 Å². The van der Waals surface area contributed by atoms with Crippen molar-refractivity contribution in [1.29, 1.82) is 0 Å². The van der Waals surface area contributed by atoms with Gasteiger partial charge in [-0.05, 0) is 19.9 Å². The summed E-state index contributed by atoms with van der Waals surface area (Å²) in [6, 6.07) is 3.38. The van der Waals surface area contributed by atoms with Crippen LogP contribution in [0.4, 0.5) is 5.82 Å². The summed E-state index contributed by atoms with van der Waals surface area (Å²) in [4.78, 5) is 8.24. The normalized spacial score (nSPS) is 10.6. The van der Waals surface area contributed by atoms with E-state index in [1.165, 1.54) is 13.1 Å². The molecule has 0 aliphatic carbocycles. The van der Waals surface area contributed by atoms with E-state index in [0.29, 0.717) is 11.8 Å². The maximum atomic E-state index is 9.35. The van der Waals surface area contributed by atoms with Crippen molar-refractivity contribution in [2.24, 2.45) is 0 Å². The molecule has 0 bridgehead atoms. The fraction of sp³-hybridized carbons (Fsp3) is 0.300. The highest BCUT2D eigenvalue weighted by Crippen LogP contribution is 2.17. The predicted octanol–water partition coefficient (Wildman–Crippen LogP) is 1.76. The molecule has 2 aromatic heterocycles. The quantitative estimate of drug-likeness (QED) is 0.653. The highest BCUT2D eigenvalue weighted by atomic mass is 35.5. The van der Waals surface area contributed by atoms with Gasteiger partial charge in [-0.25, -0.2) is 9.75 Å². The van der Waals surface area contributed by atoms with Crippen LogP contribution in [0.15, 0.2) is 12.1 Å². The van der Waals surface area contributed by atoms with E-state index in [0.717, 1.165) is 16.5 Å². The highest BCUT2D eigenvalue weighted by Gasteiger charge is 2.10. The molecule has 2 rings (SSSR count). The third-order valence-electron chi connectivity index (χ3n) is 2.20. The molecular weight excluding hydrogens is 242 g/mol. The van der Waals surface area contributed by atoms with Gasteiger partial charge in [-0.15, -0.1) is 0 Å². The summed E-state index contributed by atoms with van der Waals surface area (Å²) in [6.07, 6.45) is 0. The van der Waals surface area contributed by atoms with E-state index >= 15 is 0 Å². The van der Waals surface area contributed by atoms with Gasteiger partial charge in [-0.3, -0.25) is 5.21 Å². The lowest BCUT2D eigenvalue weighted by atomic mass is 10.4. The van der Waals surface area contributed by atoms with Gasteiger partial charge in [0.1, 0.15) is 5.15 Å². The molecule has 2 heterocycles. The number of hydrogen-bond donors (Lipinski definition) is 1. The molecule has 0 radical (unpaired) electrons. The van der Waals surface area contributed by atoms with Gasteiger partial charge in [0.15, 0.2) is 5.82 Å². The van der Waals surface area contributed by atoms with Gasteiger partial charge in [0, 0.05) is 18.8 Å². The van der Waals surface area contributed by atoms with Gasteiger partial charge < -0.3 is 0 Å². The average molecular weight is 254 g/mol. The van der Waals surface area contributed by atoms with Crippen LogP contribution in [0, 0.1) is 13.8 Å². The van der Waals surface area contributed by atoms with E-state index in [4.69, 9.17) is 11.6 Å². The SMILES string of the molecule is Cc1cc(C)n(-c2nc(Cl)cc(N(C)O)n2)n1. The smallest absolute Gasteiger partial charge is 0.254 e. The Bertz CT molecular complexity index is 552. The van der Waals surface area contributed by atoms with E-state index in [1.54, 1.807) is 4.68 Å². The lowest BCUT2D eigenvalue weighted by Gasteiger charge is -2.11. The molecule has 2 aromatic rings. The van der Waals surface area contributed by atoms with Crippen LogP contribution in [-0.4, -0.2) is 32.0 Å². The number of halogens is 1. The summed E-state index contributed by atoms with van der Waals surface area (Å²) in [7, 11) is 1.46. The molecule has 0 unspecified atom stereocenters. The first kappa shape index (κ1) is 11.8. The lowest BCUT2D eigenvalue weighted by molar-refractivity contribution is 0.276. The van der Waals surface area contributed by atoms with Crippen molar-refractivity contribution in [3.8, 4) is 5.95 Å². The van der Waals surface area contributed by atoms with Crippen molar-refractivity contribution in [1.82, 2.24) is 19.7 Å². The fourth-order valence-electron chi connectivity index (χ4n) is 1.49. The van der Waals surface area contributed by atoms with Gasteiger partial charge in [-0.1, -0.05) is 11.6 Å². The molecule has 0 aliphatic rings. The van der Waals surface area contributed by atoms with Crippen molar-refractivity contribution in [2.45, 2.75) is 13.8 Å². The largest absolute Gasteiger partial charge is 0.287 e. The molecule has 0 saturated carbocycles. The number of hydrogen-bond acceptors (Lipinski definition) is 5. The van der Waals surface area contributed by atoms with E-state index < -0.39 is 0 Å². The molecule has 0 spiro atoms. The average Bonchev–Trinajstić information content (AvgIpc) is 2.57. The Balaban J connectivity index is 2.55. The van der Waals surface area contributed by atoms with Crippen LogP contribution in [0.2, 0.25) is 5.15 Å². The number of hydroxylamine groups is 1. The second-order valence-electron chi connectivity index (χ2n) is 3.71. The van der Waals surface area contributed by atoms with E-state index in [9.17, 15) is 5.21 Å². The number of rotatable bonds is 2. The number of aryl methyl sites for hydroxylation is 2. The zero-order chi connectivity index (χ0) is 12.6. The van der Waals surface area contributed by atoms with Gasteiger partial charge >= 0.3 is 0 Å². The Morgan fingerprint density at radius 3 is 2.53 bits per heavy atom. The molecule has 7 heteroatoms. The standard InChI is InChI=1S/C10H12ClN5O/c1-6-4-7(2)16(14-6)10-12-8(11)5-9(13-10)15(3)17/h4-5,17H,1-3H3. The zero-order valence-corrected chi connectivity index (χ0v) is 10.5. The first-order valence-corrected chi connectivity index (χ1v) is 5.36. The Morgan fingerprint density at radius 1 is 1.29 bits per heavy atom. The monoisotopic (exact) mass is 253 g/mol. The Morgan fingerprint density at radius 2 is 2.00 bits per heavy atom. The van der Waals surface area contributed by atoms with Crippen molar-refractivity contribution in [3.05, 3.63) is 28.7 Å². The first-order chi connectivity index (χ1) is 7.97. The molecule has 0 atom stereocenters. The molecule has 0 aromatic carbocycles. The summed E-state index contributed by atoms with van der Waals surface area (Å²) in [5.74, 6) is 0.645. The summed E-state index contributed by atoms with van der Waals surface area (Å²) in [5.41, 5.74) is 1.77. The Labute approximate surface area is 103 Å². The van der Waals surface area contributed by atoms with E-state index in [1.807, 2.05) is 19.9 Å². The number of anilines is 1. The van der Waals surface area contributed by atoms with Gasteiger partial charge in [0.25, 0.3) is 5.95 Å². The lowest BCUT2D eigenvalue weighted by Crippen LogP contribution is -2.14. The van der Waals surface area contributed by atoms with E-state index in [2.05, 4.69) is 15.1 Å². The first-order valence-electron chi connectivity index (χ1n) is 4.98. The molecule has 0 saturated heterocycles. The second kappa shape index (κ2) is 4.31. The van der Waals surface area contributed by atoms with Crippen LogP contribution in [0.25, 0.3) is 5.95 Å². The van der Waals surface area contributed by atoms with Crippen molar-refractivity contribution >= 4 is 17.4 Å². The van der Waals surface area contributed by atoms with Crippen LogP contribution in [0.1, 0.15) is 11.4 Å². The Hall–Kier alpha value is -1.66. The molecule has 1 N–H and O–H groups in total. The molecule has 0 fully saturated rings. The molecule has 90 valence electrons. The van der Waals surface area contributed by atoms with Crippen LogP contribution in [-0.2, 0) is 0 Å². The maximum Gasteiger partial charge on any atom is 0.254 e. The number of nitrogens with zero attached hydrogens (tertiary/aromatic N) is 5. The topological polar surface area (TPSA) is 67.1 Å². The molecule has 0 amide bonds. The summed E-state index contributed by atoms with van der Waals surface area (Å²) < 4.78 is 1.58. The molecule has 0 aliphatic heterocycles. The molecular formula is C10H12ClN5O. The van der Waals surface area contributed by atoms with Crippen molar-refractivity contribution in [2.75, 3.05) is 12.1 Å². The zero-order valence-electron chi connectivity index (χ0n) is 9.72. The summed E-state index contributed by atoms with van der Waals surface area (Å²) in [5, 5.41) is 14.7. The van der Waals surface area contributed by atoms with Gasteiger partial charge in [-0.2, -0.15) is 15.1 Å². The minimum atomic E-state index is 0.249. The third-order valence-corrected chi connectivity index (χ3v) is 2.39. The Kier molecular flexibility index (Phi) is 2.99. The van der Waals surface area contributed by atoms with Gasteiger partial charge in [0.05, 0.1) is 5.69 Å². The molecule has 17 heavy (non-hydrogen) atoms. The van der Waals surface area contributed by atoms with Crippen LogP contribution in [0.5, 0.6) is 0 Å². The minimum absolute atomic E-state index is 0.249. The molecule has 6 nitrogen and oxygen atoms in total. The van der Waals surface area contributed by atoms with Crippen molar-refractivity contribution in [3.63, 3.8) is 0 Å². The maximum absolute atomic E-state index is 9.35. The fourth-order valence-corrected chi connectivity index (χ4v) is 1.66. The van der Waals surface area contributed by atoms with Crippen molar-refractivity contribution < 1.29 is 5.21 Å².